The second-order valence-corrected chi connectivity index (χ2v) is 6.26. The molecule has 24 heavy (non-hydrogen) atoms. The molecule has 0 aliphatic rings. The van der Waals surface area contributed by atoms with E-state index >= 15 is 0 Å². The Morgan fingerprint density at radius 1 is 1.08 bits per heavy atom. The first-order chi connectivity index (χ1) is 11.5. The van der Waals surface area contributed by atoms with Gasteiger partial charge < -0.3 is 9.84 Å². The predicted molar refractivity (Wildman–Crippen MR) is 95.4 cm³/mol. The number of hydrogen-bond acceptors (Lipinski definition) is 3. The zero-order valence-electron chi connectivity index (χ0n) is 15.3. The molecule has 4 nitrogen and oxygen atoms in total. The molecule has 0 saturated heterocycles. The van der Waals surface area contributed by atoms with Gasteiger partial charge in [-0.3, -0.25) is 0 Å². The average Bonchev–Trinajstić information content (AvgIpc) is 2.60. The van der Waals surface area contributed by atoms with Gasteiger partial charge in [0.15, 0.2) is 0 Å². The standard InChI is InChI=1S/C20H30O4/c1-5-9-12-15(6-2)20(7-3,8-4)24-19(23)17-14-11-10-13-16(17)18(21)22/h10-11,13-15H,5-9,12H2,1-4H3,(H,21,22). The molecule has 0 saturated carbocycles. The van der Waals surface area contributed by atoms with Gasteiger partial charge in [0, 0.05) is 0 Å². The Morgan fingerprint density at radius 2 is 1.67 bits per heavy atom. The van der Waals surface area contributed by atoms with E-state index < -0.39 is 17.5 Å². The Labute approximate surface area is 145 Å². The fraction of sp³-hybridized carbons (Fsp3) is 0.600. The number of benzene rings is 1. The minimum Gasteiger partial charge on any atom is -0.478 e. The highest BCUT2D eigenvalue weighted by Gasteiger charge is 2.38. The summed E-state index contributed by atoms with van der Waals surface area (Å²) in [5.41, 5.74) is -0.418. The van der Waals surface area contributed by atoms with Crippen LogP contribution < -0.4 is 0 Å². The van der Waals surface area contributed by atoms with E-state index in [2.05, 4.69) is 13.8 Å². The first kappa shape index (κ1) is 20.2. The summed E-state index contributed by atoms with van der Waals surface area (Å²) in [4.78, 5) is 24.1. The van der Waals surface area contributed by atoms with Crippen molar-refractivity contribution in [1.29, 1.82) is 0 Å². The van der Waals surface area contributed by atoms with Gasteiger partial charge >= 0.3 is 11.9 Å². The monoisotopic (exact) mass is 334 g/mol. The Morgan fingerprint density at radius 3 is 2.12 bits per heavy atom. The van der Waals surface area contributed by atoms with Gasteiger partial charge in [-0.25, -0.2) is 9.59 Å². The van der Waals surface area contributed by atoms with Crippen LogP contribution in [0.3, 0.4) is 0 Å². The number of aromatic carboxylic acids is 1. The van der Waals surface area contributed by atoms with E-state index in [0.717, 1.165) is 38.5 Å². The van der Waals surface area contributed by atoms with Gasteiger partial charge in [-0.1, -0.05) is 52.7 Å². The molecule has 1 unspecified atom stereocenters. The lowest BCUT2D eigenvalue weighted by atomic mass is 9.78. The van der Waals surface area contributed by atoms with E-state index in [1.165, 1.54) is 12.1 Å². The zero-order chi connectivity index (χ0) is 18.2. The van der Waals surface area contributed by atoms with Crippen LogP contribution in [0.1, 0.15) is 86.9 Å². The van der Waals surface area contributed by atoms with E-state index in [1.807, 2.05) is 13.8 Å². The maximum absolute atomic E-state index is 12.7. The highest BCUT2D eigenvalue weighted by atomic mass is 16.6. The van der Waals surface area contributed by atoms with Crippen LogP contribution in [0.15, 0.2) is 24.3 Å². The molecule has 0 radical (unpaired) electrons. The Hall–Kier alpha value is -1.84. The third-order valence-corrected chi connectivity index (χ3v) is 5.01. The number of esters is 1. The molecule has 0 fully saturated rings. The molecule has 0 aromatic heterocycles. The van der Waals surface area contributed by atoms with E-state index in [1.54, 1.807) is 12.1 Å². The molecule has 1 atom stereocenters. The number of carbonyl (C=O) groups excluding carboxylic acids is 1. The number of carbonyl (C=O) groups is 2. The Balaban J connectivity index is 3.11. The molecule has 1 N–H and O–H groups in total. The second-order valence-electron chi connectivity index (χ2n) is 6.26. The molecule has 0 bridgehead atoms. The fourth-order valence-electron chi connectivity index (χ4n) is 3.43. The van der Waals surface area contributed by atoms with Crippen LogP contribution in [0, 0.1) is 5.92 Å². The van der Waals surface area contributed by atoms with Gasteiger partial charge in [-0.05, 0) is 43.7 Å². The molecule has 0 amide bonds. The highest BCUT2D eigenvalue weighted by molar-refractivity contribution is 6.02. The van der Waals surface area contributed by atoms with E-state index in [0.29, 0.717) is 0 Å². The molecule has 0 heterocycles. The van der Waals surface area contributed by atoms with Crippen molar-refractivity contribution in [2.75, 3.05) is 0 Å². The fourth-order valence-corrected chi connectivity index (χ4v) is 3.43. The molecule has 1 aromatic carbocycles. The van der Waals surface area contributed by atoms with Gasteiger partial charge in [0.05, 0.1) is 11.1 Å². The largest absolute Gasteiger partial charge is 0.478 e. The smallest absolute Gasteiger partial charge is 0.339 e. The molecule has 0 aliphatic carbocycles. The number of unbranched alkanes of at least 4 members (excludes halogenated alkanes) is 1. The van der Waals surface area contributed by atoms with E-state index in [9.17, 15) is 14.7 Å². The van der Waals surface area contributed by atoms with Crippen LogP contribution >= 0.6 is 0 Å². The maximum Gasteiger partial charge on any atom is 0.339 e. The van der Waals surface area contributed by atoms with Crippen LogP contribution in [0.4, 0.5) is 0 Å². The number of carboxylic acid groups (broad SMARTS) is 1. The third-order valence-electron chi connectivity index (χ3n) is 5.01. The van der Waals surface area contributed by atoms with Crippen molar-refractivity contribution in [3.63, 3.8) is 0 Å². The van der Waals surface area contributed by atoms with E-state index in [-0.39, 0.29) is 17.0 Å². The zero-order valence-corrected chi connectivity index (χ0v) is 15.3. The van der Waals surface area contributed by atoms with Gasteiger partial charge in [-0.15, -0.1) is 0 Å². The molecule has 0 aliphatic heterocycles. The van der Waals surface area contributed by atoms with Gasteiger partial charge in [-0.2, -0.15) is 0 Å². The first-order valence-corrected chi connectivity index (χ1v) is 9.01. The summed E-state index contributed by atoms with van der Waals surface area (Å²) in [5.74, 6) is -1.36. The molecule has 1 rings (SSSR count). The van der Waals surface area contributed by atoms with Crippen molar-refractivity contribution in [3.8, 4) is 0 Å². The second kappa shape index (κ2) is 9.45. The summed E-state index contributed by atoms with van der Waals surface area (Å²) in [5, 5.41) is 9.29. The van der Waals surface area contributed by atoms with Crippen molar-refractivity contribution in [3.05, 3.63) is 35.4 Å². The molecule has 1 aromatic rings. The minimum absolute atomic E-state index is 0.00906. The van der Waals surface area contributed by atoms with Crippen molar-refractivity contribution in [2.45, 2.75) is 71.8 Å². The van der Waals surface area contributed by atoms with Crippen molar-refractivity contribution >= 4 is 11.9 Å². The van der Waals surface area contributed by atoms with Gasteiger partial charge in [0.1, 0.15) is 5.60 Å². The normalized spacial score (nSPS) is 12.7. The predicted octanol–water partition coefficient (Wildman–Crippen LogP) is 5.32. The highest BCUT2D eigenvalue weighted by Crippen LogP contribution is 2.36. The van der Waals surface area contributed by atoms with Crippen LogP contribution in [0.25, 0.3) is 0 Å². The maximum atomic E-state index is 12.7. The van der Waals surface area contributed by atoms with Crippen molar-refractivity contribution in [1.82, 2.24) is 0 Å². The lowest BCUT2D eigenvalue weighted by molar-refractivity contribution is -0.0606. The lowest BCUT2D eigenvalue weighted by Gasteiger charge is -2.39. The minimum atomic E-state index is -1.11. The summed E-state index contributed by atoms with van der Waals surface area (Å²) < 4.78 is 5.96. The summed E-state index contributed by atoms with van der Waals surface area (Å²) in [6, 6.07) is 6.24. The lowest BCUT2D eigenvalue weighted by Crippen LogP contribution is -2.42. The van der Waals surface area contributed by atoms with Crippen molar-refractivity contribution < 1.29 is 19.4 Å². The Kier molecular flexibility index (Phi) is 7.96. The Bertz CT molecular complexity index is 546. The SMILES string of the molecule is CCCCC(CC)C(CC)(CC)OC(=O)c1ccccc1C(=O)O. The number of ether oxygens (including phenoxy) is 1. The molecule has 4 heteroatoms. The molecule has 0 spiro atoms. The van der Waals surface area contributed by atoms with Crippen LogP contribution in [-0.4, -0.2) is 22.6 Å². The quantitative estimate of drug-likeness (QED) is 0.588. The van der Waals surface area contributed by atoms with Crippen LogP contribution in [0.2, 0.25) is 0 Å². The summed E-state index contributed by atoms with van der Waals surface area (Å²) in [6.45, 7) is 8.35. The summed E-state index contributed by atoms with van der Waals surface area (Å²) >= 11 is 0. The number of hydrogen-bond donors (Lipinski definition) is 1. The van der Waals surface area contributed by atoms with Crippen molar-refractivity contribution in [2.24, 2.45) is 5.92 Å². The topological polar surface area (TPSA) is 63.6 Å². The molecule has 134 valence electrons. The van der Waals surface area contributed by atoms with Gasteiger partial charge in [0.25, 0.3) is 0 Å². The van der Waals surface area contributed by atoms with E-state index in [4.69, 9.17) is 4.74 Å². The van der Waals surface area contributed by atoms with Crippen LogP contribution in [-0.2, 0) is 4.74 Å². The summed E-state index contributed by atoms with van der Waals surface area (Å²) in [6.07, 6.45) is 5.62. The first-order valence-electron chi connectivity index (χ1n) is 9.01. The average molecular weight is 334 g/mol. The molecular formula is C20H30O4. The number of carboxylic acids is 1. The van der Waals surface area contributed by atoms with Crippen LogP contribution in [0.5, 0.6) is 0 Å². The summed E-state index contributed by atoms with van der Waals surface area (Å²) in [7, 11) is 0. The number of rotatable bonds is 10. The molecular weight excluding hydrogens is 304 g/mol. The third kappa shape index (κ3) is 4.59. The van der Waals surface area contributed by atoms with Gasteiger partial charge in [0.2, 0.25) is 0 Å².